The molecule has 3 aromatic rings. The van der Waals surface area contributed by atoms with Gasteiger partial charge in [-0.15, -0.1) is 0 Å². The molecule has 0 aliphatic rings. The number of nitrogens with one attached hydrogen (secondary N) is 2. The van der Waals surface area contributed by atoms with Gasteiger partial charge < -0.3 is 29.4 Å². The number of hydrogen-bond donors (Lipinski definition) is 2. The Morgan fingerprint density at radius 1 is 1.05 bits per heavy atom. The fourth-order valence-corrected chi connectivity index (χ4v) is 3.47. The fraction of sp³-hybridized carbons (Fsp3) is 0.462. The molecule has 2 heterocycles. The third-order valence-electron chi connectivity index (χ3n) is 5.16. The summed E-state index contributed by atoms with van der Waals surface area (Å²) in [5, 5.41) is 5.64. The number of amides is 1. The van der Waals surface area contributed by atoms with Crippen LogP contribution in [0.3, 0.4) is 0 Å². The van der Waals surface area contributed by atoms with E-state index in [-0.39, 0.29) is 25.5 Å². The van der Waals surface area contributed by atoms with E-state index in [1.54, 1.807) is 34.0 Å². The lowest BCUT2D eigenvalue weighted by Gasteiger charge is -2.24. The first-order chi connectivity index (χ1) is 18.2. The molecule has 0 bridgehead atoms. The van der Waals surface area contributed by atoms with Crippen LogP contribution in [0, 0.1) is 0 Å². The largest absolute Gasteiger partial charge is 0.466 e. The van der Waals surface area contributed by atoms with Crippen molar-refractivity contribution in [1.82, 2.24) is 24.8 Å². The molecule has 0 radical (unpaired) electrons. The Hall–Kier alpha value is -4.22. The molecule has 0 saturated carbocycles. The van der Waals surface area contributed by atoms with E-state index >= 15 is 0 Å². The third-order valence-corrected chi connectivity index (χ3v) is 5.16. The molecule has 1 aromatic carbocycles. The number of hydrogen-bond acceptors (Lipinski definition) is 10. The van der Waals surface area contributed by atoms with E-state index in [2.05, 4.69) is 25.6 Å². The maximum atomic E-state index is 12.9. The number of aromatic nitrogens is 4. The van der Waals surface area contributed by atoms with E-state index in [4.69, 9.17) is 14.2 Å². The maximum absolute atomic E-state index is 12.9. The number of fused-ring (bicyclic) bond motifs is 1. The highest BCUT2D eigenvalue weighted by molar-refractivity contribution is 5.85. The summed E-state index contributed by atoms with van der Waals surface area (Å²) >= 11 is 0. The van der Waals surface area contributed by atoms with Gasteiger partial charge in [0.1, 0.15) is 30.1 Å². The molecule has 2 N–H and O–H groups in total. The summed E-state index contributed by atoms with van der Waals surface area (Å²) in [6, 6.07) is 8.15. The molecule has 1 amide bonds. The molecule has 0 aliphatic carbocycles. The number of benzene rings is 1. The maximum Gasteiger partial charge on any atom is 0.408 e. The van der Waals surface area contributed by atoms with Gasteiger partial charge in [-0.1, -0.05) is 30.3 Å². The number of nitrogens with zero attached hydrogens (tertiary/aromatic N) is 4. The molecule has 0 fully saturated rings. The van der Waals surface area contributed by atoms with E-state index in [0.29, 0.717) is 36.6 Å². The number of carbonyl (C=O) groups excluding carboxylic acids is 3. The summed E-state index contributed by atoms with van der Waals surface area (Å²) in [7, 11) is 0. The zero-order valence-corrected chi connectivity index (χ0v) is 22.1. The van der Waals surface area contributed by atoms with Gasteiger partial charge in [-0.3, -0.25) is 4.79 Å². The van der Waals surface area contributed by atoms with Crippen LogP contribution in [0.15, 0.2) is 43.0 Å². The summed E-state index contributed by atoms with van der Waals surface area (Å²) in [5.41, 5.74) is 1.11. The predicted octanol–water partition coefficient (Wildman–Crippen LogP) is 3.22. The zero-order chi connectivity index (χ0) is 27.5. The third kappa shape index (κ3) is 8.71. The molecule has 1 atom stereocenters. The number of imidazole rings is 1. The Kier molecular flexibility index (Phi) is 9.97. The zero-order valence-electron chi connectivity index (χ0n) is 22.1. The van der Waals surface area contributed by atoms with Crippen molar-refractivity contribution in [1.29, 1.82) is 0 Å². The molecule has 38 heavy (non-hydrogen) atoms. The lowest BCUT2D eigenvalue weighted by Crippen LogP contribution is -2.48. The van der Waals surface area contributed by atoms with Crippen LogP contribution in [0.25, 0.3) is 11.2 Å². The van der Waals surface area contributed by atoms with Crippen LogP contribution in [0.1, 0.15) is 46.1 Å². The highest BCUT2D eigenvalue weighted by Gasteiger charge is 2.28. The van der Waals surface area contributed by atoms with Crippen molar-refractivity contribution in [2.75, 3.05) is 18.5 Å². The number of ether oxygens (including phenoxy) is 3. The van der Waals surface area contributed by atoms with Gasteiger partial charge in [0.05, 0.1) is 12.9 Å². The van der Waals surface area contributed by atoms with E-state index in [1.807, 2.05) is 34.9 Å². The Balaban J connectivity index is 1.66. The molecule has 0 aliphatic heterocycles. The van der Waals surface area contributed by atoms with Crippen LogP contribution < -0.4 is 10.6 Å². The second-order valence-corrected chi connectivity index (χ2v) is 9.41. The molecule has 0 spiro atoms. The number of esters is 2. The Morgan fingerprint density at radius 2 is 1.82 bits per heavy atom. The van der Waals surface area contributed by atoms with Crippen LogP contribution >= 0.6 is 0 Å². The van der Waals surface area contributed by atoms with E-state index in [0.717, 1.165) is 5.56 Å². The second kappa shape index (κ2) is 13.4. The SMILES string of the molecule is CCOC(=O)CCCn1cnc2c(NCC(NC(=O)OCc3ccccc3)C(=O)OC(C)(C)C)ncnc21. The van der Waals surface area contributed by atoms with Gasteiger partial charge in [-0.05, 0) is 39.7 Å². The number of carbonyl (C=O) groups is 3. The van der Waals surface area contributed by atoms with Gasteiger partial charge in [-0.25, -0.2) is 24.5 Å². The van der Waals surface area contributed by atoms with Gasteiger partial charge in [0.2, 0.25) is 0 Å². The lowest BCUT2D eigenvalue weighted by atomic mass is 10.2. The van der Waals surface area contributed by atoms with Crippen molar-refractivity contribution in [3.63, 3.8) is 0 Å². The molecule has 0 saturated heterocycles. The van der Waals surface area contributed by atoms with Crippen molar-refractivity contribution < 1.29 is 28.6 Å². The summed E-state index contributed by atoms with van der Waals surface area (Å²) < 4.78 is 17.5. The van der Waals surface area contributed by atoms with Crippen molar-refractivity contribution >= 4 is 35.0 Å². The predicted molar refractivity (Wildman–Crippen MR) is 139 cm³/mol. The van der Waals surface area contributed by atoms with Crippen molar-refractivity contribution in [2.45, 2.75) is 65.3 Å². The normalized spacial score (nSPS) is 12.0. The molecule has 3 rings (SSSR count). The molecule has 2 aromatic heterocycles. The van der Waals surface area contributed by atoms with Gasteiger partial charge in [-0.2, -0.15) is 0 Å². The van der Waals surface area contributed by atoms with Crippen LogP contribution in [0.2, 0.25) is 0 Å². The standard InChI is InChI=1S/C26H34N6O6/c1-5-36-20(33)12-9-13-32-17-30-21-22(28-16-29-23(21)32)27-14-19(24(34)38-26(2,3)4)31-25(35)37-15-18-10-7-6-8-11-18/h6-8,10-11,16-17,19H,5,9,12-15H2,1-4H3,(H,31,35)(H,27,28,29). The minimum absolute atomic E-state index is 0.0306. The molecule has 12 heteroatoms. The smallest absolute Gasteiger partial charge is 0.408 e. The fourth-order valence-electron chi connectivity index (χ4n) is 3.47. The number of aryl methyl sites for hydroxylation is 1. The van der Waals surface area contributed by atoms with Crippen molar-refractivity contribution in [3.05, 3.63) is 48.5 Å². The first kappa shape index (κ1) is 28.4. The topological polar surface area (TPSA) is 147 Å². The quantitative estimate of drug-likeness (QED) is 0.266. The molecular weight excluding hydrogens is 492 g/mol. The van der Waals surface area contributed by atoms with Crippen LogP contribution in [0.5, 0.6) is 0 Å². The summed E-state index contributed by atoms with van der Waals surface area (Å²) in [6.07, 6.45) is 3.07. The highest BCUT2D eigenvalue weighted by atomic mass is 16.6. The van der Waals surface area contributed by atoms with Crippen molar-refractivity contribution in [3.8, 4) is 0 Å². The average Bonchev–Trinajstić information content (AvgIpc) is 3.28. The van der Waals surface area contributed by atoms with Crippen LogP contribution in [-0.2, 0) is 37.0 Å². The van der Waals surface area contributed by atoms with Gasteiger partial charge in [0.25, 0.3) is 0 Å². The molecule has 204 valence electrons. The van der Waals surface area contributed by atoms with Crippen LogP contribution in [-0.4, -0.2) is 62.3 Å². The molecule has 12 nitrogen and oxygen atoms in total. The molecular formula is C26H34N6O6. The van der Waals surface area contributed by atoms with Gasteiger partial charge in [0.15, 0.2) is 11.5 Å². The highest BCUT2D eigenvalue weighted by Crippen LogP contribution is 2.18. The van der Waals surface area contributed by atoms with E-state index in [9.17, 15) is 14.4 Å². The number of anilines is 1. The van der Waals surface area contributed by atoms with E-state index in [1.165, 1.54) is 6.33 Å². The summed E-state index contributed by atoms with van der Waals surface area (Å²) in [5.74, 6) is -0.500. The minimum Gasteiger partial charge on any atom is -0.466 e. The minimum atomic E-state index is -1.06. The van der Waals surface area contributed by atoms with Crippen molar-refractivity contribution in [2.24, 2.45) is 0 Å². The summed E-state index contributed by atoms with van der Waals surface area (Å²) in [4.78, 5) is 49.9. The monoisotopic (exact) mass is 526 g/mol. The average molecular weight is 527 g/mol. The Bertz CT molecular complexity index is 1220. The van der Waals surface area contributed by atoms with Crippen LogP contribution in [0.4, 0.5) is 10.6 Å². The van der Waals surface area contributed by atoms with E-state index < -0.39 is 23.7 Å². The molecule has 1 unspecified atom stereocenters. The number of rotatable bonds is 12. The first-order valence-electron chi connectivity index (χ1n) is 12.4. The van der Waals surface area contributed by atoms with Gasteiger partial charge in [0, 0.05) is 19.5 Å². The lowest BCUT2D eigenvalue weighted by molar-refractivity contribution is -0.157. The van der Waals surface area contributed by atoms with Gasteiger partial charge >= 0.3 is 18.0 Å². The Labute approximate surface area is 221 Å². The first-order valence-corrected chi connectivity index (χ1v) is 12.4. The number of alkyl carbamates (subject to hydrolysis) is 1. The second-order valence-electron chi connectivity index (χ2n) is 9.41. The Morgan fingerprint density at radius 3 is 2.53 bits per heavy atom. The summed E-state index contributed by atoms with van der Waals surface area (Å²) in [6.45, 7) is 7.88.